The second-order valence-electron chi connectivity index (χ2n) is 7.14. The summed E-state index contributed by atoms with van der Waals surface area (Å²) >= 11 is 0. The van der Waals surface area contributed by atoms with Gasteiger partial charge in [0.2, 0.25) is 0 Å². The van der Waals surface area contributed by atoms with Gasteiger partial charge in [-0.1, -0.05) is 50.7 Å². The summed E-state index contributed by atoms with van der Waals surface area (Å²) in [6.07, 6.45) is 14.7. The fourth-order valence-electron chi connectivity index (χ4n) is 4.04. The minimum atomic E-state index is 0.464. The number of phenolic OH excluding ortho intramolecular Hbond substituents is 1. The van der Waals surface area contributed by atoms with E-state index < -0.39 is 0 Å². The number of phenols is 1. The molecule has 2 nitrogen and oxygen atoms in total. The van der Waals surface area contributed by atoms with Gasteiger partial charge in [-0.15, -0.1) is 0 Å². The first-order valence-corrected chi connectivity index (χ1v) is 9.11. The van der Waals surface area contributed by atoms with E-state index in [-0.39, 0.29) is 0 Å². The maximum absolute atomic E-state index is 10.8. The Kier molecular flexibility index (Phi) is 5.17. The van der Waals surface area contributed by atoms with E-state index in [9.17, 15) is 5.11 Å². The molecule has 1 N–H and O–H groups in total. The molecular weight excluding hydrogens is 270 g/mol. The molecule has 2 fully saturated rings. The zero-order valence-corrected chi connectivity index (χ0v) is 13.9. The van der Waals surface area contributed by atoms with Gasteiger partial charge in [-0.05, 0) is 49.7 Å². The van der Waals surface area contributed by atoms with Crippen molar-refractivity contribution in [1.29, 1.82) is 0 Å². The Morgan fingerprint density at radius 1 is 0.955 bits per heavy atom. The zero-order valence-electron chi connectivity index (χ0n) is 13.9. The highest BCUT2D eigenvalue weighted by Gasteiger charge is 2.20. The van der Waals surface area contributed by atoms with Gasteiger partial charge >= 0.3 is 0 Å². The van der Waals surface area contributed by atoms with E-state index in [1.165, 1.54) is 64.2 Å². The second kappa shape index (κ2) is 7.30. The average Bonchev–Trinajstić information content (AvgIpc) is 2.56. The largest absolute Gasteiger partial charge is 0.507 e. The molecule has 1 aromatic carbocycles. The molecule has 3 rings (SSSR count). The van der Waals surface area contributed by atoms with E-state index >= 15 is 0 Å². The molecule has 2 saturated carbocycles. The smallest absolute Gasteiger partial charge is 0.128 e. The fourth-order valence-corrected chi connectivity index (χ4v) is 4.04. The topological polar surface area (TPSA) is 32.6 Å². The van der Waals surface area contributed by atoms with Crippen molar-refractivity contribution in [3.05, 3.63) is 28.8 Å². The van der Waals surface area contributed by atoms with E-state index in [2.05, 4.69) is 19.1 Å². The van der Waals surface area contributed by atoms with Crippen molar-refractivity contribution in [3.8, 4) is 5.75 Å². The van der Waals surface area contributed by atoms with Gasteiger partial charge in [0.15, 0.2) is 0 Å². The second-order valence-corrected chi connectivity index (χ2v) is 7.14. The van der Waals surface area contributed by atoms with Gasteiger partial charge in [0, 0.05) is 17.8 Å². The SMILES string of the molecule is Cc1ccc(C2CCCCC2)c(O)c1C=NC1CCCCC1. The molecule has 1 aromatic rings. The first-order valence-electron chi connectivity index (χ1n) is 9.11. The quantitative estimate of drug-likeness (QED) is 0.734. The van der Waals surface area contributed by atoms with Crippen LogP contribution in [0.4, 0.5) is 0 Å². The number of aryl methyl sites for hydroxylation is 1. The molecule has 2 aliphatic carbocycles. The van der Waals surface area contributed by atoms with Gasteiger partial charge in [-0.2, -0.15) is 0 Å². The molecular formula is C20H29NO. The van der Waals surface area contributed by atoms with Crippen LogP contribution in [0.15, 0.2) is 17.1 Å². The van der Waals surface area contributed by atoms with Crippen LogP contribution in [0, 0.1) is 6.92 Å². The highest BCUT2D eigenvalue weighted by atomic mass is 16.3. The molecule has 0 radical (unpaired) electrons. The molecule has 22 heavy (non-hydrogen) atoms. The first kappa shape index (κ1) is 15.6. The number of hydrogen-bond donors (Lipinski definition) is 1. The number of aliphatic imine (C=N–C) groups is 1. The van der Waals surface area contributed by atoms with Crippen LogP contribution in [0.25, 0.3) is 0 Å². The lowest BCUT2D eigenvalue weighted by Crippen LogP contribution is -2.10. The summed E-state index contributed by atoms with van der Waals surface area (Å²) in [5.41, 5.74) is 3.24. The van der Waals surface area contributed by atoms with Crippen LogP contribution in [0.1, 0.15) is 86.8 Å². The standard InChI is InChI=1S/C20H29NO/c1-15-12-13-18(16-8-4-2-5-9-16)20(22)19(15)14-21-17-10-6-3-7-11-17/h12-14,16-17,22H,2-11H2,1H3. The molecule has 0 saturated heterocycles. The maximum Gasteiger partial charge on any atom is 0.128 e. The van der Waals surface area contributed by atoms with Crippen molar-refractivity contribution in [2.75, 3.05) is 0 Å². The third kappa shape index (κ3) is 3.53. The average molecular weight is 299 g/mol. The third-order valence-corrected chi connectivity index (χ3v) is 5.50. The van der Waals surface area contributed by atoms with E-state index in [0.29, 0.717) is 17.7 Å². The summed E-state index contributed by atoms with van der Waals surface area (Å²) in [4.78, 5) is 4.78. The number of hydrogen-bond acceptors (Lipinski definition) is 2. The maximum atomic E-state index is 10.8. The third-order valence-electron chi connectivity index (χ3n) is 5.50. The molecule has 0 atom stereocenters. The van der Waals surface area contributed by atoms with Crippen LogP contribution in [0.5, 0.6) is 5.75 Å². The van der Waals surface area contributed by atoms with Gasteiger partial charge in [-0.3, -0.25) is 4.99 Å². The zero-order chi connectivity index (χ0) is 15.4. The Labute approximate surface area is 134 Å². The summed E-state index contributed by atoms with van der Waals surface area (Å²) in [5.74, 6) is 1.03. The molecule has 2 heteroatoms. The van der Waals surface area contributed by atoms with Gasteiger partial charge in [0.1, 0.15) is 5.75 Å². The Bertz CT molecular complexity index is 523. The summed E-state index contributed by atoms with van der Waals surface area (Å²) in [6.45, 7) is 2.08. The normalized spacial score (nSPS) is 21.5. The predicted octanol–water partition coefficient (Wildman–Crippen LogP) is 5.50. The van der Waals surface area contributed by atoms with Crippen LogP contribution in [0.2, 0.25) is 0 Å². The van der Waals surface area contributed by atoms with E-state index in [0.717, 1.165) is 16.7 Å². The lowest BCUT2D eigenvalue weighted by molar-refractivity contribution is 0.413. The van der Waals surface area contributed by atoms with Gasteiger partial charge in [0.05, 0.1) is 0 Å². The van der Waals surface area contributed by atoms with Crippen LogP contribution < -0.4 is 0 Å². The van der Waals surface area contributed by atoms with Gasteiger partial charge in [-0.25, -0.2) is 0 Å². The molecule has 0 bridgehead atoms. The molecule has 0 unspecified atom stereocenters. The van der Waals surface area contributed by atoms with Crippen LogP contribution in [-0.2, 0) is 0 Å². The minimum absolute atomic E-state index is 0.464. The van der Waals surface area contributed by atoms with Gasteiger partial charge in [0.25, 0.3) is 0 Å². The molecule has 120 valence electrons. The lowest BCUT2D eigenvalue weighted by Gasteiger charge is -2.24. The number of nitrogens with zero attached hydrogens (tertiary/aromatic N) is 1. The van der Waals surface area contributed by atoms with Crippen molar-refractivity contribution < 1.29 is 5.11 Å². The molecule has 0 aliphatic heterocycles. The van der Waals surface area contributed by atoms with Crippen molar-refractivity contribution in [2.45, 2.75) is 83.1 Å². The Morgan fingerprint density at radius 3 is 2.27 bits per heavy atom. The minimum Gasteiger partial charge on any atom is -0.507 e. The Balaban J connectivity index is 1.81. The molecule has 0 heterocycles. The van der Waals surface area contributed by atoms with E-state index in [4.69, 9.17) is 4.99 Å². The van der Waals surface area contributed by atoms with Crippen LogP contribution in [0.3, 0.4) is 0 Å². The van der Waals surface area contributed by atoms with Crippen molar-refractivity contribution in [1.82, 2.24) is 0 Å². The van der Waals surface area contributed by atoms with Crippen LogP contribution >= 0.6 is 0 Å². The van der Waals surface area contributed by atoms with Crippen LogP contribution in [-0.4, -0.2) is 17.4 Å². The highest BCUT2D eigenvalue weighted by molar-refractivity contribution is 5.86. The van der Waals surface area contributed by atoms with E-state index in [1.807, 2.05) is 6.21 Å². The Morgan fingerprint density at radius 2 is 1.59 bits per heavy atom. The summed E-state index contributed by atoms with van der Waals surface area (Å²) in [7, 11) is 0. The molecule has 2 aliphatic rings. The van der Waals surface area contributed by atoms with Crippen molar-refractivity contribution in [2.24, 2.45) is 4.99 Å². The Hall–Kier alpha value is -1.31. The highest BCUT2D eigenvalue weighted by Crippen LogP contribution is 2.39. The number of benzene rings is 1. The molecule has 0 spiro atoms. The fraction of sp³-hybridized carbons (Fsp3) is 0.650. The van der Waals surface area contributed by atoms with Gasteiger partial charge < -0.3 is 5.11 Å². The monoisotopic (exact) mass is 299 g/mol. The summed E-state index contributed by atoms with van der Waals surface area (Å²) in [6, 6.07) is 4.76. The number of rotatable bonds is 3. The first-order chi connectivity index (χ1) is 10.8. The molecule has 0 amide bonds. The summed E-state index contributed by atoms with van der Waals surface area (Å²) in [5, 5.41) is 10.8. The number of aromatic hydroxyl groups is 1. The van der Waals surface area contributed by atoms with E-state index in [1.54, 1.807) is 0 Å². The summed E-state index contributed by atoms with van der Waals surface area (Å²) < 4.78 is 0. The van der Waals surface area contributed by atoms with Crippen molar-refractivity contribution in [3.63, 3.8) is 0 Å². The van der Waals surface area contributed by atoms with Crippen molar-refractivity contribution >= 4 is 6.21 Å². The predicted molar refractivity (Wildman–Crippen MR) is 93.1 cm³/mol. The molecule has 0 aromatic heterocycles. The lowest BCUT2D eigenvalue weighted by atomic mass is 9.82.